The van der Waals surface area contributed by atoms with Gasteiger partial charge in [0.1, 0.15) is 6.33 Å². The molecule has 3 aromatic heterocycles. The number of benzene rings is 2. The van der Waals surface area contributed by atoms with Gasteiger partial charge in [-0.3, -0.25) is 9.55 Å². The monoisotopic (exact) mass is 397 g/mol. The molecule has 0 aliphatic rings. The van der Waals surface area contributed by atoms with Crippen molar-refractivity contribution in [3.63, 3.8) is 0 Å². The van der Waals surface area contributed by atoms with Gasteiger partial charge in [0.2, 0.25) is 5.95 Å². The minimum absolute atomic E-state index is 0.00860. The van der Waals surface area contributed by atoms with Crippen LogP contribution in [0, 0.1) is 0 Å². The van der Waals surface area contributed by atoms with Crippen molar-refractivity contribution in [2.45, 2.75) is 0 Å². The van der Waals surface area contributed by atoms with Gasteiger partial charge in [0.15, 0.2) is 17.0 Å². The number of fused-ring (bicyclic) bond motifs is 2. The Balaban J connectivity index is 1.59. The van der Waals surface area contributed by atoms with Crippen LogP contribution in [0.25, 0.3) is 27.8 Å². The molecule has 5 rings (SSSR count). The Morgan fingerprint density at radius 1 is 0.933 bits per heavy atom. The average molecular weight is 397 g/mol. The molecule has 0 saturated carbocycles. The third-order valence-corrected chi connectivity index (χ3v) is 4.69. The molecule has 8 nitrogen and oxygen atoms in total. The topological polar surface area (TPSA) is 101 Å². The van der Waals surface area contributed by atoms with Crippen LogP contribution in [0.1, 0.15) is 0 Å². The highest BCUT2D eigenvalue weighted by molar-refractivity contribution is 5.87. The molecule has 0 aliphatic carbocycles. The third kappa shape index (κ3) is 3.40. The number of rotatable bonds is 6. The molecule has 0 fully saturated rings. The normalized spacial score (nSPS) is 11.1. The van der Waals surface area contributed by atoms with Crippen LogP contribution in [0.3, 0.4) is 0 Å². The Bertz CT molecular complexity index is 1320. The van der Waals surface area contributed by atoms with Crippen LogP contribution in [-0.4, -0.2) is 42.8 Å². The lowest BCUT2D eigenvalue weighted by molar-refractivity contribution is 0.311. The van der Waals surface area contributed by atoms with E-state index >= 15 is 0 Å². The first-order valence-corrected chi connectivity index (χ1v) is 9.59. The van der Waals surface area contributed by atoms with Gasteiger partial charge in [0, 0.05) is 29.5 Å². The highest BCUT2D eigenvalue weighted by atomic mass is 16.3. The second-order valence-electron chi connectivity index (χ2n) is 6.70. The van der Waals surface area contributed by atoms with E-state index in [0.29, 0.717) is 29.5 Å². The van der Waals surface area contributed by atoms with E-state index < -0.39 is 0 Å². The van der Waals surface area contributed by atoms with E-state index in [9.17, 15) is 5.11 Å². The van der Waals surface area contributed by atoms with Crippen LogP contribution in [0.5, 0.6) is 0 Å². The molecule has 0 aliphatic heterocycles. The predicted molar refractivity (Wildman–Crippen MR) is 117 cm³/mol. The molecule has 0 spiro atoms. The summed E-state index contributed by atoms with van der Waals surface area (Å²) in [5.74, 6) is 0.998. The highest BCUT2D eigenvalue weighted by Gasteiger charge is 2.14. The van der Waals surface area contributed by atoms with Gasteiger partial charge >= 0.3 is 0 Å². The van der Waals surface area contributed by atoms with E-state index in [1.54, 1.807) is 12.5 Å². The molecule has 0 saturated heterocycles. The lowest BCUT2D eigenvalue weighted by atomic mass is 10.2. The van der Waals surface area contributed by atoms with Crippen molar-refractivity contribution in [2.24, 2.45) is 0 Å². The zero-order valence-corrected chi connectivity index (χ0v) is 16.0. The summed E-state index contributed by atoms with van der Waals surface area (Å²) < 4.78 is 1.91. The number of anilines is 3. The third-order valence-electron chi connectivity index (χ3n) is 4.69. The SMILES string of the molecule is OCCNc1nc(Nc2ccc3ncccc3c2)nc2c1ncn2-c1ccccc1. The quantitative estimate of drug-likeness (QED) is 0.403. The van der Waals surface area contributed by atoms with Crippen molar-refractivity contribution < 1.29 is 5.11 Å². The lowest BCUT2D eigenvalue weighted by Crippen LogP contribution is -2.10. The molecule has 2 aromatic carbocycles. The second kappa shape index (κ2) is 7.76. The van der Waals surface area contributed by atoms with Crippen molar-refractivity contribution in [3.05, 3.63) is 73.2 Å². The number of imidazole rings is 1. The van der Waals surface area contributed by atoms with Gasteiger partial charge < -0.3 is 15.7 Å². The van der Waals surface area contributed by atoms with Gasteiger partial charge in [-0.05, 0) is 36.4 Å². The highest BCUT2D eigenvalue weighted by Crippen LogP contribution is 2.26. The molecular formula is C22H19N7O. The van der Waals surface area contributed by atoms with Crippen molar-refractivity contribution in [1.82, 2.24) is 24.5 Å². The maximum absolute atomic E-state index is 9.23. The number of aliphatic hydroxyl groups excluding tert-OH is 1. The summed E-state index contributed by atoms with van der Waals surface area (Å²) in [7, 11) is 0. The summed E-state index contributed by atoms with van der Waals surface area (Å²) in [6.07, 6.45) is 3.50. The molecule has 148 valence electrons. The van der Waals surface area contributed by atoms with E-state index in [4.69, 9.17) is 4.98 Å². The fraction of sp³-hybridized carbons (Fsp3) is 0.0909. The maximum Gasteiger partial charge on any atom is 0.231 e. The molecular weight excluding hydrogens is 378 g/mol. The smallest absolute Gasteiger partial charge is 0.231 e. The van der Waals surface area contributed by atoms with E-state index in [1.165, 1.54) is 0 Å². The van der Waals surface area contributed by atoms with Crippen LogP contribution in [0.2, 0.25) is 0 Å². The first-order chi connectivity index (χ1) is 14.8. The molecule has 0 atom stereocenters. The number of hydrogen-bond donors (Lipinski definition) is 3. The molecule has 3 heterocycles. The van der Waals surface area contributed by atoms with Crippen LogP contribution in [0.4, 0.5) is 17.5 Å². The summed E-state index contributed by atoms with van der Waals surface area (Å²) in [4.78, 5) is 18.1. The van der Waals surface area contributed by atoms with Crippen LogP contribution >= 0.6 is 0 Å². The first-order valence-electron chi connectivity index (χ1n) is 9.59. The van der Waals surface area contributed by atoms with Gasteiger partial charge in [-0.25, -0.2) is 4.98 Å². The summed E-state index contributed by atoms with van der Waals surface area (Å²) in [5.41, 5.74) is 4.04. The van der Waals surface area contributed by atoms with Crippen LogP contribution < -0.4 is 10.6 Å². The largest absolute Gasteiger partial charge is 0.395 e. The Hall–Kier alpha value is -4.04. The number of para-hydroxylation sites is 1. The number of aromatic nitrogens is 5. The Morgan fingerprint density at radius 2 is 1.83 bits per heavy atom. The van der Waals surface area contributed by atoms with Gasteiger partial charge in [-0.15, -0.1) is 0 Å². The average Bonchev–Trinajstić information content (AvgIpc) is 3.22. The van der Waals surface area contributed by atoms with E-state index in [0.717, 1.165) is 22.3 Å². The molecule has 0 bridgehead atoms. The Kier molecular flexibility index (Phi) is 4.66. The van der Waals surface area contributed by atoms with Crippen LogP contribution in [-0.2, 0) is 0 Å². The molecule has 0 unspecified atom stereocenters. The van der Waals surface area contributed by atoms with Crippen molar-refractivity contribution in [3.8, 4) is 5.69 Å². The van der Waals surface area contributed by atoms with Gasteiger partial charge in [0.05, 0.1) is 12.1 Å². The minimum atomic E-state index is -0.00860. The minimum Gasteiger partial charge on any atom is -0.395 e. The molecule has 8 heteroatoms. The molecule has 0 radical (unpaired) electrons. The fourth-order valence-corrected chi connectivity index (χ4v) is 3.31. The van der Waals surface area contributed by atoms with E-state index in [1.807, 2.05) is 65.2 Å². The standard InChI is InChI=1S/C22H19N7O/c30-12-11-24-20-19-21(29(14-25-19)17-6-2-1-3-7-17)28-22(27-20)26-16-8-9-18-15(13-16)5-4-10-23-18/h1-10,13-14,30H,11-12H2,(H2,24,26,27,28). The van der Waals surface area contributed by atoms with Gasteiger partial charge in [-0.1, -0.05) is 24.3 Å². The summed E-state index contributed by atoms with van der Waals surface area (Å²) in [6.45, 7) is 0.358. The zero-order chi connectivity index (χ0) is 20.3. The molecule has 30 heavy (non-hydrogen) atoms. The van der Waals surface area contributed by atoms with E-state index in [2.05, 4.69) is 25.6 Å². The van der Waals surface area contributed by atoms with Crippen molar-refractivity contribution >= 4 is 39.5 Å². The number of aliphatic hydroxyl groups is 1. The van der Waals surface area contributed by atoms with Gasteiger partial charge in [-0.2, -0.15) is 9.97 Å². The second-order valence-corrected chi connectivity index (χ2v) is 6.70. The Morgan fingerprint density at radius 3 is 2.70 bits per heavy atom. The van der Waals surface area contributed by atoms with Crippen molar-refractivity contribution in [2.75, 3.05) is 23.8 Å². The number of nitrogens with one attached hydrogen (secondary N) is 2. The number of nitrogens with zero attached hydrogens (tertiary/aromatic N) is 5. The Labute approximate surface area is 172 Å². The summed E-state index contributed by atoms with van der Waals surface area (Å²) >= 11 is 0. The van der Waals surface area contributed by atoms with Crippen LogP contribution in [0.15, 0.2) is 73.2 Å². The predicted octanol–water partition coefficient (Wildman–Crippen LogP) is 3.51. The number of pyridine rings is 1. The van der Waals surface area contributed by atoms with Gasteiger partial charge in [0.25, 0.3) is 0 Å². The maximum atomic E-state index is 9.23. The number of hydrogen-bond acceptors (Lipinski definition) is 7. The summed E-state index contributed by atoms with van der Waals surface area (Å²) in [5, 5.41) is 16.7. The molecule has 0 amide bonds. The molecule has 5 aromatic rings. The first kappa shape index (κ1) is 18.0. The fourth-order valence-electron chi connectivity index (χ4n) is 3.31. The zero-order valence-electron chi connectivity index (χ0n) is 16.0. The molecule has 3 N–H and O–H groups in total. The van der Waals surface area contributed by atoms with E-state index in [-0.39, 0.29) is 6.61 Å². The summed E-state index contributed by atoms with van der Waals surface area (Å²) in [6, 6.07) is 19.7. The van der Waals surface area contributed by atoms with Crippen molar-refractivity contribution in [1.29, 1.82) is 0 Å². The lowest BCUT2D eigenvalue weighted by Gasteiger charge is -2.11.